The van der Waals surface area contributed by atoms with Gasteiger partial charge in [0.2, 0.25) is 0 Å². The molecule has 41 heavy (non-hydrogen) atoms. The SMILES string of the molecule is N=C(c1ccccc1)c1ccccc1-c1cccc(-c2cccc3sc4c5ccccc5c5ccccc5c4c23)c1. The Hall–Kier alpha value is -5.05. The van der Waals surface area contributed by atoms with Crippen LogP contribution in [-0.2, 0) is 0 Å². The van der Waals surface area contributed by atoms with Crippen LogP contribution in [-0.4, -0.2) is 5.71 Å². The van der Waals surface area contributed by atoms with Crippen molar-refractivity contribution in [2.75, 3.05) is 0 Å². The minimum atomic E-state index is 0.538. The van der Waals surface area contributed by atoms with Gasteiger partial charge < -0.3 is 0 Å². The molecule has 7 aromatic carbocycles. The largest absolute Gasteiger partial charge is 0.300 e. The molecule has 0 radical (unpaired) electrons. The maximum Gasteiger partial charge on any atom is 0.0690 e. The first-order valence-electron chi connectivity index (χ1n) is 13.9. The average Bonchev–Trinajstić information content (AvgIpc) is 3.45. The van der Waals surface area contributed by atoms with Gasteiger partial charge in [0.25, 0.3) is 0 Å². The van der Waals surface area contributed by atoms with Crippen molar-refractivity contribution in [3.63, 3.8) is 0 Å². The molecular formula is C39H25NS. The molecule has 0 bridgehead atoms. The Morgan fingerprint density at radius 3 is 1.85 bits per heavy atom. The van der Waals surface area contributed by atoms with E-state index in [1.165, 1.54) is 52.8 Å². The van der Waals surface area contributed by atoms with Gasteiger partial charge in [-0.2, -0.15) is 0 Å². The second-order valence-electron chi connectivity index (χ2n) is 10.4. The lowest BCUT2D eigenvalue weighted by atomic mass is 9.90. The van der Waals surface area contributed by atoms with E-state index < -0.39 is 0 Å². The molecule has 1 nitrogen and oxygen atoms in total. The molecular weight excluding hydrogens is 515 g/mol. The normalized spacial score (nSPS) is 11.5. The van der Waals surface area contributed by atoms with Crippen LogP contribution >= 0.6 is 11.3 Å². The average molecular weight is 540 g/mol. The summed E-state index contributed by atoms with van der Waals surface area (Å²) in [5.74, 6) is 0. The second-order valence-corrected chi connectivity index (χ2v) is 11.5. The lowest BCUT2D eigenvalue weighted by molar-refractivity contribution is 1.45. The van der Waals surface area contributed by atoms with Crippen molar-refractivity contribution >= 4 is 58.8 Å². The van der Waals surface area contributed by atoms with E-state index in [1.54, 1.807) is 0 Å². The summed E-state index contributed by atoms with van der Waals surface area (Å²) in [6.45, 7) is 0. The third-order valence-electron chi connectivity index (χ3n) is 8.12. The number of hydrogen-bond acceptors (Lipinski definition) is 2. The zero-order chi connectivity index (χ0) is 27.3. The minimum absolute atomic E-state index is 0.538. The Balaban J connectivity index is 1.37. The number of rotatable bonds is 4. The maximum absolute atomic E-state index is 9.00. The lowest BCUT2D eigenvalue weighted by Gasteiger charge is -2.13. The van der Waals surface area contributed by atoms with Crippen LogP contribution < -0.4 is 0 Å². The predicted octanol–water partition coefficient (Wildman–Crippen LogP) is 11.1. The Bertz CT molecular complexity index is 2270. The fourth-order valence-electron chi connectivity index (χ4n) is 6.26. The monoisotopic (exact) mass is 539 g/mol. The second kappa shape index (κ2) is 9.55. The van der Waals surface area contributed by atoms with Gasteiger partial charge in [-0.15, -0.1) is 11.3 Å². The molecule has 2 heteroatoms. The first kappa shape index (κ1) is 23.8. The molecule has 1 heterocycles. The Morgan fingerprint density at radius 1 is 0.463 bits per heavy atom. The molecule has 0 fully saturated rings. The van der Waals surface area contributed by atoms with Crippen LogP contribution in [0.15, 0.2) is 146 Å². The van der Waals surface area contributed by atoms with Crippen LogP contribution in [0.5, 0.6) is 0 Å². The van der Waals surface area contributed by atoms with E-state index in [-0.39, 0.29) is 0 Å². The summed E-state index contributed by atoms with van der Waals surface area (Å²) in [5.41, 5.74) is 7.01. The van der Waals surface area contributed by atoms with Crippen molar-refractivity contribution in [2.24, 2.45) is 0 Å². The number of benzene rings is 7. The summed E-state index contributed by atoms with van der Waals surface area (Å²) < 4.78 is 2.65. The highest BCUT2D eigenvalue weighted by molar-refractivity contribution is 7.27. The van der Waals surface area contributed by atoms with Gasteiger partial charge in [-0.05, 0) is 50.5 Å². The summed E-state index contributed by atoms with van der Waals surface area (Å²) in [5, 5.41) is 16.9. The zero-order valence-electron chi connectivity index (χ0n) is 22.3. The van der Waals surface area contributed by atoms with Crippen molar-refractivity contribution in [3.05, 3.63) is 157 Å². The summed E-state index contributed by atoms with van der Waals surface area (Å²) in [7, 11) is 0. The van der Waals surface area contributed by atoms with Gasteiger partial charge >= 0.3 is 0 Å². The van der Waals surface area contributed by atoms with Gasteiger partial charge in [0.15, 0.2) is 0 Å². The highest BCUT2D eigenvalue weighted by Crippen LogP contribution is 2.47. The minimum Gasteiger partial charge on any atom is -0.300 e. The predicted molar refractivity (Wildman–Crippen MR) is 178 cm³/mol. The highest BCUT2D eigenvalue weighted by atomic mass is 32.1. The summed E-state index contributed by atoms with van der Waals surface area (Å²) in [4.78, 5) is 0. The summed E-state index contributed by atoms with van der Waals surface area (Å²) >= 11 is 1.89. The van der Waals surface area contributed by atoms with E-state index in [2.05, 4.69) is 109 Å². The van der Waals surface area contributed by atoms with E-state index in [0.29, 0.717) is 5.71 Å². The van der Waals surface area contributed by atoms with Crippen LogP contribution in [0, 0.1) is 5.41 Å². The third-order valence-corrected chi connectivity index (χ3v) is 9.31. The van der Waals surface area contributed by atoms with E-state index in [4.69, 9.17) is 5.41 Å². The maximum atomic E-state index is 9.00. The van der Waals surface area contributed by atoms with Crippen molar-refractivity contribution in [1.29, 1.82) is 5.41 Å². The van der Waals surface area contributed by atoms with E-state index >= 15 is 0 Å². The van der Waals surface area contributed by atoms with E-state index in [0.717, 1.165) is 22.3 Å². The molecule has 0 unspecified atom stereocenters. The van der Waals surface area contributed by atoms with Crippen LogP contribution in [0.2, 0.25) is 0 Å². The molecule has 0 aliphatic rings. The molecule has 0 amide bonds. The van der Waals surface area contributed by atoms with E-state index in [9.17, 15) is 0 Å². The zero-order valence-corrected chi connectivity index (χ0v) is 23.1. The highest BCUT2D eigenvalue weighted by Gasteiger charge is 2.18. The third kappa shape index (κ3) is 3.80. The fraction of sp³-hybridized carbons (Fsp3) is 0. The van der Waals surface area contributed by atoms with Gasteiger partial charge in [0.05, 0.1) is 5.71 Å². The molecule has 0 aliphatic heterocycles. The van der Waals surface area contributed by atoms with Crippen molar-refractivity contribution < 1.29 is 0 Å². The molecule has 192 valence electrons. The van der Waals surface area contributed by atoms with Gasteiger partial charge in [-0.3, -0.25) is 5.41 Å². The topological polar surface area (TPSA) is 23.9 Å². The molecule has 0 aliphatic carbocycles. The molecule has 0 saturated heterocycles. The summed E-state index contributed by atoms with van der Waals surface area (Å²) in [6.07, 6.45) is 0. The lowest BCUT2D eigenvalue weighted by Crippen LogP contribution is -2.03. The quantitative estimate of drug-likeness (QED) is 0.170. The molecule has 8 aromatic rings. The number of fused-ring (bicyclic) bond motifs is 8. The van der Waals surface area contributed by atoms with Crippen LogP contribution in [0.1, 0.15) is 11.1 Å². The summed E-state index contributed by atoms with van der Waals surface area (Å²) in [6, 6.07) is 51.4. The Morgan fingerprint density at radius 2 is 1.05 bits per heavy atom. The van der Waals surface area contributed by atoms with Crippen LogP contribution in [0.25, 0.3) is 64.0 Å². The fourth-order valence-corrected chi connectivity index (χ4v) is 7.54. The smallest absolute Gasteiger partial charge is 0.0690 e. The number of thiophene rings is 1. The molecule has 8 rings (SSSR count). The number of nitrogens with one attached hydrogen (secondary N) is 1. The van der Waals surface area contributed by atoms with Gasteiger partial charge in [0, 0.05) is 36.7 Å². The number of hydrogen-bond donors (Lipinski definition) is 1. The first-order chi connectivity index (χ1) is 20.3. The molecule has 0 atom stereocenters. The van der Waals surface area contributed by atoms with Gasteiger partial charge in [0.1, 0.15) is 0 Å². The molecule has 1 aromatic heterocycles. The Labute approximate surface area is 242 Å². The molecule has 0 spiro atoms. The first-order valence-corrected chi connectivity index (χ1v) is 14.7. The molecule has 0 saturated carbocycles. The van der Waals surface area contributed by atoms with Crippen molar-refractivity contribution in [1.82, 2.24) is 0 Å². The molecule has 1 N–H and O–H groups in total. The van der Waals surface area contributed by atoms with Crippen molar-refractivity contribution in [2.45, 2.75) is 0 Å². The van der Waals surface area contributed by atoms with Crippen LogP contribution in [0.3, 0.4) is 0 Å². The van der Waals surface area contributed by atoms with Crippen LogP contribution in [0.4, 0.5) is 0 Å². The van der Waals surface area contributed by atoms with Gasteiger partial charge in [-0.1, -0.05) is 133 Å². The van der Waals surface area contributed by atoms with E-state index in [1.807, 2.05) is 47.7 Å². The van der Waals surface area contributed by atoms with Crippen molar-refractivity contribution in [3.8, 4) is 22.3 Å². The standard InChI is InChI=1S/C39H25NS/c40-38(25-12-2-1-3-13-25)33-20-8-4-16-28(33)26-14-10-15-27(24-26)29-22-11-23-35-36(29)37-32-19-7-5-17-30(32)31-18-6-9-21-34(31)39(37)41-35/h1-24,40H. The Kier molecular flexibility index (Phi) is 5.54. The van der Waals surface area contributed by atoms with Gasteiger partial charge in [-0.25, -0.2) is 0 Å².